The SMILES string of the molecule is O=C(Nc1ccc(Br)cc1)c1cc(F)cc(Br)c1. The Morgan fingerprint density at radius 2 is 1.67 bits per heavy atom. The fraction of sp³-hybridized carbons (Fsp3) is 0. The van der Waals surface area contributed by atoms with Crippen molar-refractivity contribution in [1.29, 1.82) is 0 Å². The Kier molecular flexibility index (Phi) is 4.14. The predicted octanol–water partition coefficient (Wildman–Crippen LogP) is 4.60. The molecule has 0 fully saturated rings. The molecule has 0 radical (unpaired) electrons. The highest BCUT2D eigenvalue weighted by molar-refractivity contribution is 9.10. The minimum absolute atomic E-state index is 0.268. The molecule has 1 amide bonds. The van der Waals surface area contributed by atoms with Crippen LogP contribution in [0.4, 0.5) is 10.1 Å². The summed E-state index contributed by atoms with van der Waals surface area (Å²) < 4.78 is 14.6. The lowest BCUT2D eigenvalue weighted by Crippen LogP contribution is -2.12. The van der Waals surface area contributed by atoms with Crippen molar-refractivity contribution in [3.05, 3.63) is 62.8 Å². The van der Waals surface area contributed by atoms with Crippen LogP contribution in [0.2, 0.25) is 0 Å². The summed E-state index contributed by atoms with van der Waals surface area (Å²) in [6.07, 6.45) is 0. The Hall–Kier alpha value is -1.20. The first-order chi connectivity index (χ1) is 8.54. The van der Waals surface area contributed by atoms with Crippen LogP contribution in [0.25, 0.3) is 0 Å². The maximum absolute atomic E-state index is 13.2. The molecule has 0 bridgehead atoms. The molecule has 0 aliphatic rings. The van der Waals surface area contributed by atoms with E-state index in [1.165, 1.54) is 12.1 Å². The summed E-state index contributed by atoms with van der Waals surface area (Å²) in [6, 6.07) is 11.2. The van der Waals surface area contributed by atoms with Gasteiger partial charge in [-0.2, -0.15) is 0 Å². The average molecular weight is 373 g/mol. The lowest BCUT2D eigenvalue weighted by atomic mass is 10.2. The Bertz CT molecular complexity index is 564. The number of hydrogen-bond acceptors (Lipinski definition) is 1. The van der Waals surface area contributed by atoms with Crippen LogP contribution >= 0.6 is 31.9 Å². The van der Waals surface area contributed by atoms with Crippen LogP contribution < -0.4 is 5.32 Å². The van der Waals surface area contributed by atoms with Crippen molar-refractivity contribution in [1.82, 2.24) is 0 Å². The number of carbonyl (C=O) groups excluding carboxylic acids is 1. The summed E-state index contributed by atoms with van der Waals surface area (Å²) >= 11 is 6.46. The number of benzene rings is 2. The molecule has 0 atom stereocenters. The van der Waals surface area contributed by atoms with Crippen LogP contribution in [0, 0.1) is 5.82 Å². The second-order valence-electron chi connectivity index (χ2n) is 3.62. The maximum Gasteiger partial charge on any atom is 0.255 e. The molecule has 2 aromatic rings. The van der Waals surface area contributed by atoms with Crippen LogP contribution in [0.15, 0.2) is 51.4 Å². The largest absolute Gasteiger partial charge is 0.322 e. The van der Waals surface area contributed by atoms with E-state index in [1.807, 2.05) is 12.1 Å². The van der Waals surface area contributed by atoms with Crippen molar-refractivity contribution in [2.45, 2.75) is 0 Å². The zero-order chi connectivity index (χ0) is 13.1. The van der Waals surface area contributed by atoms with E-state index >= 15 is 0 Å². The molecule has 0 spiro atoms. The minimum atomic E-state index is -0.453. The smallest absolute Gasteiger partial charge is 0.255 e. The molecule has 2 aromatic carbocycles. The summed E-state index contributed by atoms with van der Waals surface area (Å²) in [4.78, 5) is 11.9. The van der Waals surface area contributed by atoms with E-state index in [-0.39, 0.29) is 11.5 Å². The zero-order valence-electron chi connectivity index (χ0n) is 9.08. The molecule has 2 nitrogen and oxygen atoms in total. The number of rotatable bonds is 2. The van der Waals surface area contributed by atoms with Crippen LogP contribution in [0.3, 0.4) is 0 Å². The van der Waals surface area contributed by atoms with Crippen LogP contribution in [-0.2, 0) is 0 Å². The fourth-order valence-electron chi connectivity index (χ4n) is 1.42. The molecule has 92 valence electrons. The van der Waals surface area contributed by atoms with Crippen LogP contribution in [-0.4, -0.2) is 5.91 Å². The first-order valence-corrected chi connectivity index (χ1v) is 6.66. The molecule has 0 saturated carbocycles. The molecule has 18 heavy (non-hydrogen) atoms. The lowest BCUT2D eigenvalue weighted by Gasteiger charge is -2.06. The van der Waals surface area contributed by atoms with E-state index in [9.17, 15) is 9.18 Å². The van der Waals surface area contributed by atoms with Crippen molar-refractivity contribution in [2.24, 2.45) is 0 Å². The number of nitrogens with one attached hydrogen (secondary N) is 1. The van der Waals surface area contributed by atoms with Gasteiger partial charge in [-0.25, -0.2) is 4.39 Å². The van der Waals surface area contributed by atoms with Gasteiger partial charge in [-0.1, -0.05) is 31.9 Å². The quantitative estimate of drug-likeness (QED) is 0.819. The van der Waals surface area contributed by atoms with Crippen LogP contribution in [0.1, 0.15) is 10.4 Å². The van der Waals surface area contributed by atoms with Gasteiger partial charge in [0.25, 0.3) is 5.91 Å². The third kappa shape index (κ3) is 3.40. The summed E-state index contributed by atoms with van der Waals surface area (Å²) in [6.45, 7) is 0. The van der Waals surface area contributed by atoms with Crippen molar-refractivity contribution in [2.75, 3.05) is 5.32 Å². The molecule has 0 aliphatic heterocycles. The number of anilines is 1. The van der Waals surface area contributed by atoms with Crippen molar-refractivity contribution in [3.63, 3.8) is 0 Å². The summed E-state index contributed by atoms with van der Waals surface area (Å²) in [7, 11) is 0. The van der Waals surface area contributed by atoms with E-state index < -0.39 is 5.82 Å². The Morgan fingerprint density at radius 1 is 1.00 bits per heavy atom. The second-order valence-corrected chi connectivity index (χ2v) is 5.45. The molecule has 5 heteroatoms. The monoisotopic (exact) mass is 371 g/mol. The van der Waals surface area contributed by atoms with Gasteiger partial charge in [0, 0.05) is 20.2 Å². The molecule has 0 unspecified atom stereocenters. The maximum atomic E-state index is 13.2. The topological polar surface area (TPSA) is 29.1 Å². The lowest BCUT2D eigenvalue weighted by molar-refractivity contribution is 0.102. The molecule has 1 N–H and O–H groups in total. The molecule has 2 rings (SSSR count). The third-order valence-corrected chi connectivity index (χ3v) is 3.21. The number of halogens is 3. The predicted molar refractivity (Wildman–Crippen MR) is 76.2 cm³/mol. The number of hydrogen-bond donors (Lipinski definition) is 1. The van der Waals surface area contributed by atoms with Crippen molar-refractivity contribution in [3.8, 4) is 0 Å². The van der Waals surface area contributed by atoms with E-state index in [1.54, 1.807) is 18.2 Å². The summed E-state index contributed by atoms with van der Waals surface area (Å²) in [5, 5.41) is 2.69. The highest BCUT2D eigenvalue weighted by atomic mass is 79.9. The van der Waals surface area contributed by atoms with Gasteiger partial charge < -0.3 is 5.32 Å². The first-order valence-electron chi connectivity index (χ1n) is 5.07. The molecule has 0 saturated heterocycles. The highest BCUT2D eigenvalue weighted by Crippen LogP contribution is 2.18. The standard InChI is InChI=1S/C13H8Br2FNO/c14-9-1-3-12(4-2-9)17-13(18)8-5-10(15)7-11(16)6-8/h1-7H,(H,17,18). The molecule has 0 aliphatic carbocycles. The van der Waals surface area contributed by atoms with Gasteiger partial charge >= 0.3 is 0 Å². The number of amides is 1. The third-order valence-electron chi connectivity index (χ3n) is 2.23. The Morgan fingerprint density at radius 3 is 2.28 bits per heavy atom. The van der Waals surface area contributed by atoms with Crippen LogP contribution in [0.5, 0.6) is 0 Å². The van der Waals surface area contributed by atoms with E-state index in [0.29, 0.717) is 10.2 Å². The second kappa shape index (κ2) is 5.63. The van der Waals surface area contributed by atoms with E-state index in [4.69, 9.17) is 0 Å². The number of carbonyl (C=O) groups is 1. The Labute approximate surface area is 120 Å². The average Bonchev–Trinajstić information content (AvgIpc) is 2.31. The van der Waals surface area contributed by atoms with Gasteiger partial charge in [0.15, 0.2) is 0 Å². The van der Waals surface area contributed by atoms with Crippen molar-refractivity contribution >= 4 is 43.5 Å². The van der Waals surface area contributed by atoms with Gasteiger partial charge in [-0.3, -0.25) is 4.79 Å². The molecule has 0 heterocycles. The van der Waals surface area contributed by atoms with Gasteiger partial charge in [0.1, 0.15) is 5.82 Å². The normalized spacial score (nSPS) is 10.2. The fourth-order valence-corrected chi connectivity index (χ4v) is 2.15. The molecule has 0 aromatic heterocycles. The van der Waals surface area contributed by atoms with Gasteiger partial charge in [-0.15, -0.1) is 0 Å². The van der Waals surface area contributed by atoms with E-state index in [0.717, 1.165) is 4.47 Å². The summed E-state index contributed by atoms with van der Waals surface area (Å²) in [5.41, 5.74) is 0.924. The van der Waals surface area contributed by atoms with Gasteiger partial charge in [-0.05, 0) is 42.5 Å². The van der Waals surface area contributed by atoms with Gasteiger partial charge in [0.2, 0.25) is 0 Å². The first kappa shape index (κ1) is 13.2. The van der Waals surface area contributed by atoms with E-state index in [2.05, 4.69) is 37.2 Å². The van der Waals surface area contributed by atoms with Gasteiger partial charge in [0.05, 0.1) is 0 Å². The zero-order valence-corrected chi connectivity index (χ0v) is 12.3. The Balaban J connectivity index is 2.19. The minimum Gasteiger partial charge on any atom is -0.322 e. The highest BCUT2D eigenvalue weighted by Gasteiger charge is 2.08. The molecular weight excluding hydrogens is 365 g/mol. The summed E-state index contributed by atoms with van der Waals surface area (Å²) in [5.74, 6) is -0.803. The molecular formula is C13H8Br2FNO. The van der Waals surface area contributed by atoms with Crippen molar-refractivity contribution < 1.29 is 9.18 Å².